The lowest BCUT2D eigenvalue weighted by molar-refractivity contribution is 0.144. The molecule has 0 saturated carbocycles. The lowest BCUT2D eigenvalue weighted by Gasteiger charge is -2.13. The summed E-state index contributed by atoms with van der Waals surface area (Å²) in [4.78, 5) is 5.47. The summed E-state index contributed by atoms with van der Waals surface area (Å²) in [5.74, 6) is 0.582. The zero-order valence-electron chi connectivity index (χ0n) is 9.76. The van der Waals surface area contributed by atoms with Gasteiger partial charge in [0.2, 0.25) is 0 Å². The molecule has 0 amide bonds. The Morgan fingerprint density at radius 2 is 2.38 bits per heavy atom. The van der Waals surface area contributed by atoms with Gasteiger partial charge >= 0.3 is 0 Å². The monoisotopic (exact) mass is 238 g/mol. The first-order chi connectivity index (χ1) is 7.69. The topological polar surface area (TPSA) is 37.5 Å². The Morgan fingerprint density at radius 1 is 1.56 bits per heavy atom. The number of aliphatic hydroxyl groups is 1. The molecule has 1 N–H and O–H groups in total. The van der Waals surface area contributed by atoms with E-state index in [-0.39, 0.29) is 6.10 Å². The molecule has 0 radical (unpaired) electrons. The van der Waals surface area contributed by atoms with Crippen LogP contribution in [-0.4, -0.2) is 20.6 Å². The molecule has 0 aromatic carbocycles. The van der Waals surface area contributed by atoms with Crippen LogP contribution in [-0.2, 0) is 6.42 Å². The number of thiazole rings is 1. The summed E-state index contributed by atoms with van der Waals surface area (Å²) in [6, 6.07) is 0. The number of imidazole rings is 1. The zero-order chi connectivity index (χ0) is 11.5. The lowest BCUT2D eigenvalue weighted by atomic mass is 9.99. The first-order valence-electron chi connectivity index (χ1n) is 5.78. The predicted molar refractivity (Wildman–Crippen MR) is 66.9 cm³/mol. The summed E-state index contributed by atoms with van der Waals surface area (Å²) in [5, 5.41) is 11.9. The van der Waals surface area contributed by atoms with Gasteiger partial charge in [0.05, 0.1) is 11.8 Å². The maximum absolute atomic E-state index is 9.92. The molecule has 4 heteroatoms. The van der Waals surface area contributed by atoms with E-state index in [1.54, 1.807) is 11.3 Å². The molecule has 2 rings (SSSR count). The fourth-order valence-electron chi connectivity index (χ4n) is 1.83. The number of nitrogens with zero attached hydrogens (tertiary/aromatic N) is 2. The molecule has 2 heterocycles. The van der Waals surface area contributed by atoms with Crippen LogP contribution in [0.2, 0.25) is 0 Å². The molecule has 2 aromatic rings. The highest BCUT2D eigenvalue weighted by Crippen LogP contribution is 2.16. The minimum absolute atomic E-state index is 0.264. The second-order valence-corrected chi connectivity index (χ2v) is 5.31. The van der Waals surface area contributed by atoms with Crippen molar-refractivity contribution in [2.75, 3.05) is 0 Å². The van der Waals surface area contributed by atoms with E-state index < -0.39 is 0 Å². The van der Waals surface area contributed by atoms with Gasteiger partial charge in [-0.05, 0) is 12.3 Å². The average molecular weight is 238 g/mol. The molecule has 2 atom stereocenters. The number of aliphatic hydroxyl groups excluding tert-OH is 1. The van der Waals surface area contributed by atoms with Gasteiger partial charge in [0.15, 0.2) is 4.96 Å². The molecule has 16 heavy (non-hydrogen) atoms. The van der Waals surface area contributed by atoms with Crippen LogP contribution in [0.3, 0.4) is 0 Å². The Labute approximate surface area is 99.8 Å². The minimum atomic E-state index is -0.264. The number of hydrogen-bond acceptors (Lipinski definition) is 3. The van der Waals surface area contributed by atoms with Crippen molar-refractivity contribution in [3.63, 3.8) is 0 Å². The van der Waals surface area contributed by atoms with Gasteiger partial charge in [0.25, 0.3) is 0 Å². The van der Waals surface area contributed by atoms with Crippen LogP contribution in [0.25, 0.3) is 4.96 Å². The normalized spacial score (nSPS) is 15.4. The molecule has 0 bridgehead atoms. The van der Waals surface area contributed by atoms with Crippen LogP contribution >= 0.6 is 11.3 Å². The lowest BCUT2D eigenvalue weighted by Crippen LogP contribution is -2.14. The average Bonchev–Trinajstić information content (AvgIpc) is 2.77. The van der Waals surface area contributed by atoms with E-state index in [4.69, 9.17) is 0 Å². The Hall–Kier alpha value is -0.870. The van der Waals surface area contributed by atoms with Gasteiger partial charge in [-0.1, -0.05) is 20.3 Å². The molecular weight excluding hydrogens is 220 g/mol. The number of aromatic nitrogens is 2. The van der Waals surface area contributed by atoms with E-state index in [1.165, 1.54) is 0 Å². The molecule has 2 aromatic heterocycles. The van der Waals surface area contributed by atoms with E-state index in [9.17, 15) is 5.11 Å². The van der Waals surface area contributed by atoms with Crippen molar-refractivity contribution < 1.29 is 5.11 Å². The van der Waals surface area contributed by atoms with E-state index in [0.717, 1.165) is 23.5 Å². The maximum Gasteiger partial charge on any atom is 0.193 e. The molecule has 0 fully saturated rings. The van der Waals surface area contributed by atoms with Crippen LogP contribution in [0.4, 0.5) is 0 Å². The van der Waals surface area contributed by atoms with Gasteiger partial charge in [0.1, 0.15) is 0 Å². The van der Waals surface area contributed by atoms with Crippen molar-refractivity contribution in [3.8, 4) is 0 Å². The van der Waals surface area contributed by atoms with Crippen molar-refractivity contribution in [3.05, 3.63) is 23.5 Å². The highest BCUT2D eigenvalue weighted by atomic mass is 32.1. The Bertz CT molecular complexity index is 420. The number of hydrogen-bond donors (Lipinski definition) is 1. The van der Waals surface area contributed by atoms with Gasteiger partial charge in [-0.3, -0.25) is 4.40 Å². The molecule has 0 aliphatic rings. The van der Waals surface area contributed by atoms with E-state index in [1.807, 2.05) is 22.2 Å². The van der Waals surface area contributed by atoms with E-state index in [0.29, 0.717) is 12.3 Å². The van der Waals surface area contributed by atoms with Gasteiger partial charge in [-0.15, -0.1) is 11.3 Å². The molecule has 3 nitrogen and oxygen atoms in total. The summed E-state index contributed by atoms with van der Waals surface area (Å²) in [7, 11) is 0. The summed E-state index contributed by atoms with van der Waals surface area (Å²) in [5.41, 5.74) is 0.989. The molecule has 2 unspecified atom stereocenters. The molecular formula is C12H18N2OS. The summed E-state index contributed by atoms with van der Waals surface area (Å²) < 4.78 is 2.01. The SMILES string of the molecule is CCC(C)CC(O)Cc1cn2ccsc2n1. The first-order valence-corrected chi connectivity index (χ1v) is 6.66. The Kier molecular flexibility index (Phi) is 3.61. The fraction of sp³-hybridized carbons (Fsp3) is 0.583. The second-order valence-electron chi connectivity index (χ2n) is 4.43. The zero-order valence-corrected chi connectivity index (χ0v) is 10.6. The van der Waals surface area contributed by atoms with Crippen molar-refractivity contribution >= 4 is 16.3 Å². The first kappa shape index (κ1) is 11.6. The van der Waals surface area contributed by atoms with Crippen molar-refractivity contribution in [2.45, 2.75) is 39.2 Å². The van der Waals surface area contributed by atoms with Crippen LogP contribution in [0.1, 0.15) is 32.4 Å². The van der Waals surface area contributed by atoms with Crippen LogP contribution in [0.15, 0.2) is 17.8 Å². The van der Waals surface area contributed by atoms with Crippen molar-refractivity contribution in [2.24, 2.45) is 5.92 Å². The highest BCUT2D eigenvalue weighted by Gasteiger charge is 2.12. The highest BCUT2D eigenvalue weighted by molar-refractivity contribution is 7.15. The molecule has 0 spiro atoms. The smallest absolute Gasteiger partial charge is 0.193 e. The quantitative estimate of drug-likeness (QED) is 0.869. The minimum Gasteiger partial charge on any atom is -0.393 e. The van der Waals surface area contributed by atoms with Crippen molar-refractivity contribution in [1.29, 1.82) is 0 Å². The number of rotatable bonds is 5. The van der Waals surface area contributed by atoms with Gasteiger partial charge in [0, 0.05) is 24.2 Å². The largest absolute Gasteiger partial charge is 0.393 e. The molecule has 0 aliphatic carbocycles. The Balaban J connectivity index is 1.96. The third kappa shape index (κ3) is 2.62. The van der Waals surface area contributed by atoms with Crippen LogP contribution in [0, 0.1) is 5.92 Å². The van der Waals surface area contributed by atoms with E-state index >= 15 is 0 Å². The van der Waals surface area contributed by atoms with Crippen LogP contribution in [0.5, 0.6) is 0 Å². The predicted octanol–water partition coefficient (Wildman–Crippen LogP) is 2.74. The standard InChI is InChI=1S/C12H18N2OS/c1-3-9(2)6-11(15)7-10-8-14-4-5-16-12(14)13-10/h4-5,8-9,11,15H,3,6-7H2,1-2H3. The van der Waals surface area contributed by atoms with Crippen LogP contribution < -0.4 is 0 Å². The summed E-state index contributed by atoms with van der Waals surface area (Å²) >= 11 is 1.62. The third-order valence-electron chi connectivity index (χ3n) is 2.96. The maximum atomic E-state index is 9.92. The van der Waals surface area contributed by atoms with Gasteiger partial charge in [-0.25, -0.2) is 4.98 Å². The summed E-state index contributed by atoms with van der Waals surface area (Å²) in [6.45, 7) is 4.33. The van der Waals surface area contributed by atoms with Gasteiger partial charge in [-0.2, -0.15) is 0 Å². The Morgan fingerprint density at radius 3 is 3.06 bits per heavy atom. The fourth-order valence-corrected chi connectivity index (χ4v) is 2.55. The third-order valence-corrected chi connectivity index (χ3v) is 3.73. The summed E-state index contributed by atoms with van der Waals surface area (Å²) in [6.07, 6.45) is 6.39. The van der Waals surface area contributed by atoms with E-state index in [2.05, 4.69) is 18.8 Å². The number of fused-ring (bicyclic) bond motifs is 1. The molecule has 88 valence electrons. The van der Waals surface area contributed by atoms with Crippen molar-refractivity contribution in [1.82, 2.24) is 9.38 Å². The second kappa shape index (κ2) is 4.97. The molecule has 0 saturated heterocycles. The van der Waals surface area contributed by atoms with Gasteiger partial charge < -0.3 is 5.11 Å². The molecule has 0 aliphatic heterocycles.